The average Bonchev–Trinajstić information content (AvgIpc) is 2.51. The van der Waals surface area contributed by atoms with Gasteiger partial charge in [-0.05, 0) is 17.7 Å². The second-order valence-electron chi connectivity index (χ2n) is 3.49. The second kappa shape index (κ2) is 3.98. The van der Waals surface area contributed by atoms with E-state index in [1.165, 1.54) is 12.1 Å². The van der Waals surface area contributed by atoms with Crippen LogP contribution in [-0.4, -0.2) is 26.2 Å². The Labute approximate surface area is 87.5 Å². The first-order valence-corrected chi connectivity index (χ1v) is 4.80. The highest BCUT2D eigenvalue weighted by atomic mass is 19.1. The van der Waals surface area contributed by atoms with E-state index < -0.39 is 0 Å². The lowest BCUT2D eigenvalue weighted by Gasteiger charge is -2.16. The number of amides is 1. The highest BCUT2D eigenvalue weighted by Crippen LogP contribution is 2.29. The van der Waals surface area contributed by atoms with Crippen LogP contribution in [0.3, 0.4) is 0 Å². The van der Waals surface area contributed by atoms with Gasteiger partial charge in [-0.2, -0.15) is 0 Å². The van der Waals surface area contributed by atoms with Gasteiger partial charge in [0, 0.05) is 13.7 Å². The van der Waals surface area contributed by atoms with E-state index in [2.05, 4.69) is 0 Å². The molecule has 2 rings (SSSR count). The van der Waals surface area contributed by atoms with E-state index in [0.717, 1.165) is 5.56 Å². The molecule has 1 heterocycles. The zero-order valence-corrected chi connectivity index (χ0v) is 8.50. The molecule has 0 N–H and O–H groups in total. The third-order valence-electron chi connectivity index (χ3n) is 2.50. The monoisotopic (exact) mass is 209 g/mol. The van der Waals surface area contributed by atoms with Gasteiger partial charge in [0.05, 0.1) is 18.7 Å². The molecular formula is C11H12FNO2. The number of rotatable bonds is 3. The van der Waals surface area contributed by atoms with Crippen LogP contribution in [0.15, 0.2) is 18.2 Å². The molecule has 1 aromatic rings. The van der Waals surface area contributed by atoms with Crippen molar-refractivity contribution in [3.05, 3.63) is 29.6 Å². The summed E-state index contributed by atoms with van der Waals surface area (Å²) in [5.74, 6) is -0.307. The Morgan fingerprint density at radius 3 is 3.07 bits per heavy atom. The van der Waals surface area contributed by atoms with Crippen molar-refractivity contribution in [3.8, 4) is 0 Å². The number of hydrogen-bond donors (Lipinski definition) is 0. The van der Waals surface area contributed by atoms with Gasteiger partial charge in [-0.25, -0.2) is 4.39 Å². The molecule has 0 bridgehead atoms. The third kappa shape index (κ3) is 1.85. The number of hydrogen-bond acceptors (Lipinski definition) is 2. The van der Waals surface area contributed by atoms with Crippen LogP contribution >= 0.6 is 0 Å². The van der Waals surface area contributed by atoms with Gasteiger partial charge in [0.1, 0.15) is 5.82 Å². The summed E-state index contributed by atoms with van der Waals surface area (Å²) in [6, 6.07) is 4.44. The standard InChI is InChI=1S/C11H12FNO2/c1-15-5-4-13-10-7-9(12)3-2-8(10)6-11(13)14/h2-3,7H,4-6H2,1H3. The second-order valence-corrected chi connectivity index (χ2v) is 3.49. The maximum Gasteiger partial charge on any atom is 0.231 e. The molecule has 0 radical (unpaired) electrons. The van der Waals surface area contributed by atoms with Crippen molar-refractivity contribution in [1.82, 2.24) is 0 Å². The first-order chi connectivity index (χ1) is 7.22. The Morgan fingerprint density at radius 1 is 1.53 bits per heavy atom. The molecule has 0 spiro atoms. The molecule has 1 amide bonds. The number of ether oxygens (including phenoxy) is 1. The van der Waals surface area contributed by atoms with Crippen molar-refractivity contribution >= 4 is 11.6 Å². The predicted octanol–water partition coefficient (Wildman–Crippen LogP) is 1.36. The lowest BCUT2D eigenvalue weighted by atomic mass is 10.2. The van der Waals surface area contributed by atoms with Crippen molar-refractivity contribution in [2.75, 3.05) is 25.2 Å². The van der Waals surface area contributed by atoms with Crippen LogP contribution in [0.2, 0.25) is 0 Å². The van der Waals surface area contributed by atoms with Crippen LogP contribution in [0.4, 0.5) is 10.1 Å². The normalized spacial score (nSPS) is 14.5. The Hall–Kier alpha value is -1.42. The molecule has 0 atom stereocenters. The van der Waals surface area contributed by atoms with Crippen molar-refractivity contribution in [2.45, 2.75) is 6.42 Å². The number of fused-ring (bicyclic) bond motifs is 1. The molecule has 80 valence electrons. The van der Waals surface area contributed by atoms with Gasteiger partial charge in [0.15, 0.2) is 0 Å². The Balaban J connectivity index is 2.27. The van der Waals surface area contributed by atoms with Gasteiger partial charge < -0.3 is 9.64 Å². The Bertz CT molecular complexity index is 392. The first kappa shape index (κ1) is 10.1. The first-order valence-electron chi connectivity index (χ1n) is 4.80. The summed E-state index contributed by atoms with van der Waals surface area (Å²) in [5.41, 5.74) is 1.56. The molecular weight excluding hydrogens is 197 g/mol. The minimum absolute atomic E-state index is 0.00708. The van der Waals surface area contributed by atoms with Crippen LogP contribution in [-0.2, 0) is 16.0 Å². The lowest BCUT2D eigenvalue weighted by Crippen LogP contribution is -2.30. The van der Waals surface area contributed by atoms with Crippen LogP contribution in [0, 0.1) is 5.82 Å². The molecule has 0 unspecified atom stereocenters. The molecule has 1 aromatic carbocycles. The van der Waals surface area contributed by atoms with Crippen molar-refractivity contribution in [3.63, 3.8) is 0 Å². The number of carbonyl (C=O) groups is 1. The van der Waals surface area contributed by atoms with Crippen molar-refractivity contribution < 1.29 is 13.9 Å². The summed E-state index contributed by atoms with van der Waals surface area (Å²) in [4.78, 5) is 13.2. The van der Waals surface area contributed by atoms with Gasteiger partial charge in [-0.3, -0.25) is 4.79 Å². The third-order valence-corrected chi connectivity index (χ3v) is 2.50. The molecule has 0 aromatic heterocycles. The molecule has 0 fully saturated rings. The fraction of sp³-hybridized carbons (Fsp3) is 0.364. The van der Waals surface area contributed by atoms with Crippen molar-refractivity contribution in [1.29, 1.82) is 0 Å². The fourth-order valence-corrected chi connectivity index (χ4v) is 1.76. The van der Waals surface area contributed by atoms with E-state index in [9.17, 15) is 9.18 Å². The minimum Gasteiger partial charge on any atom is -0.383 e. The predicted molar refractivity (Wildman–Crippen MR) is 54.3 cm³/mol. The summed E-state index contributed by atoms with van der Waals surface area (Å²) in [6.07, 6.45) is 0.360. The van der Waals surface area contributed by atoms with E-state index in [4.69, 9.17) is 4.74 Å². The van der Waals surface area contributed by atoms with Crippen LogP contribution in [0.5, 0.6) is 0 Å². The molecule has 0 aliphatic carbocycles. The molecule has 15 heavy (non-hydrogen) atoms. The van der Waals surface area contributed by atoms with E-state index in [-0.39, 0.29) is 11.7 Å². The highest BCUT2D eigenvalue weighted by Gasteiger charge is 2.26. The fourth-order valence-electron chi connectivity index (χ4n) is 1.76. The Kier molecular flexibility index (Phi) is 2.68. The summed E-state index contributed by atoms with van der Waals surface area (Å²) in [5, 5.41) is 0. The minimum atomic E-state index is -0.314. The van der Waals surface area contributed by atoms with Crippen LogP contribution in [0.1, 0.15) is 5.56 Å². The summed E-state index contributed by atoms with van der Waals surface area (Å²) >= 11 is 0. The number of nitrogens with zero attached hydrogens (tertiary/aromatic N) is 1. The SMILES string of the molecule is COCCN1C(=O)Cc2ccc(F)cc21. The molecule has 0 saturated heterocycles. The Morgan fingerprint density at radius 2 is 2.33 bits per heavy atom. The number of methoxy groups -OCH3 is 1. The highest BCUT2D eigenvalue weighted by molar-refractivity contribution is 6.01. The quantitative estimate of drug-likeness (QED) is 0.752. The number of benzene rings is 1. The van der Waals surface area contributed by atoms with Gasteiger partial charge in [-0.1, -0.05) is 6.07 Å². The molecule has 4 heteroatoms. The van der Waals surface area contributed by atoms with Gasteiger partial charge in [0.25, 0.3) is 0 Å². The zero-order chi connectivity index (χ0) is 10.8. The maximum atomic E-state index is 13.0. The van der Waals surface area contributed by atoms with Gasteiger partial charge in [0.2, 0.25) is 5.91 Å². The van der Waals surface area contributed by atoms with Crippen LogP contribution in [0.25, 0.3) is 0 Å². The van der Waals surface area contributed by atoms with Gasteiger partial charge in [-0.15, -0.1) is 0 Å². The van der Waals surface area contributed by atoms with E-state index in [0.29, 0.717) is 25.3 Å². The smallest absolute Gasteiger partial charge is 0.231 e. The van der Waals surface area contributed by atoms with Crippen molar-refractivity contribution in [2.24, 2.45) is 0 Å². The van der Waals surface area contributed by atoms with E-state index in [1.807, 2.05) is 0 Å². The van der Waals surface area contributed by atoms with E-state index >= 15 is 0 Å². The topological polar surface area (TPSA) is 29.5 Å². The lowest BCUT2D eigenvalue weighted by molar-refractivity contribution is -0.117. The maximum absolute atomic E-state index is 13.0. The molecule has 0 saturated carbocycles. The van der Waals surface area contributed by atoms with E-state index in [1.54, 1.807) is 18.1 Å². The summed E-state index contributed by atoms with van der Waals surface area (Å²) < 4.78 is 17.9. The van der Waals surface area contributed by atoms with Crippen LogP contribution < -0.4 is 4.90 Å². The van der Waals surface area contributed by atoms with Gasteiger partial charge >= 0.3 is 0 Å². The molecule has 1 aliphatic rings. The zero-order valence-electron chi connectivity index (χ0n) is 8.50. The number of carbonyl (C=O) groups excluding carboxylic acids is 1. The summed E-state index contributed by atoms with van der Waals surface area (Å²) in [6.45, 7) is 0.938. The number of anilines is 1. The summed E-state index contributed by atoms with van der Waals surface area (Å²) in [7, 11) is 1.58. The molecule has 1 aliphatic heterocycles. The number of halogens is 1. The largest absolute Gasteiger partial charge is 0.383 e. The molecule has 3 nitrogen and oxygen atoms in total. The average molecular weight is 209 g/mol.